The summed E-state index contributed by atoms with van der Waals surface area (Å²) in [6.45, 7) is -2.08. The maximum absolute atomic E-state index is 12.0. The van der Waals surface area contributed by atoms with Gasteiger partial charge in [-0.2, -0.15) is 13.2 Å². The summed E-state index contributed by atoms with van der Waals surface area (Å²) in [6.07, 6.45) is -3.01. The summed E-state index contributed by atoms with van der Waals surface area (Å²) >= 11 is 0. The molecule has 1 aromatic heterocycles. The molecule has 0 unspecified atom stereocenters. The molecule has 2 rings (SSSR count). The van der Waals surface area contributed by atoms with Crippen LogP contribution in [0.3, 0.4) is 0 Å². The number of hydrogen-bond acceptors (Lipinski definition) is 3. The summed E-state index contributed by atoms with van der Waals surface area (Å²) in [5, 5.41) is 0.538. The normalized spacial score (nSPS) is 11.8. The molecule has 0 saturated heterocycles. The van der Waals surface area contributed by atoms with Crippen molar-refractivity contribution in [2.75, 3.05) is 20.3 Å². The molecule has 0 aliphatic heterocycles. The lowest BCUT2D eigenvalue weighted by atomic mass is 10.1. The molecule has 0 amide bonds. The Labute approximate surface area is 112 Å². The molecule has 0 bridgehead atoms. The van der Waals surface area contributed by atoms with Crippen LogP contribution in [-0.2, 0) is 4.74 Å². The second kappa shape index (κ2) is 5.54. The molecule has 4 nitrogen and oxygen atoms in total. The molecule has 1 heterocycles. The van der Waals surface area contributed by atoms with Gasteiger partial charge in [0.2, 0.25) is 0 Å². The number of halogens is 3. The Morgan fingerprint density at radius 2 is 2.10 bits per heavy atom. The molecule has 2 aromatic rings. The van der Waals surface area contributed by atoms with Crippen molar-refractivity contribution in [3.63, 3.8) is 0 Å². The van der Waals surface area contributed by atoms with Crippen LogP contribution >= 0.6 is 0 Å². The second-order valence-electron chi connectivity index (χ2n) is 4.12. The first kappa shape index (κ1) is 14.4. The van der Waals surface area contributed by atoms with Crippen LogP contribution < -0.4 is 4.74 Å². The average molecular weight is 287 g/mol. The van der Waals surface area contributed by atoms with E-state index in [4.69, 9.17) is 4.74 Å². The third-order valence-electron chi connectivity index (χ3n) is 2.69. The molecule has 0 radical (unpaired) electrons. The van der Waals surface area contributed by atoms with E-state index < -0.39 is 25.2 Å². The lowest BCUT2D eigenvalue weighted by molar-refractivity contribution is -0.170. The van der Waals surface area contributed by atoms with Gasteiger partial charge < -0.3 is 14.5 Å². The molecule has 0 aliphatic carbocycles. The molecule has 0 atom stereocenters. The largest absolute Gasteiger partial charge is 0.496 e. The van der Waals surface area contributed by atoms with Gasteiger partial charge in [0.25, 0.3) is 0 Å². The van der Waals surface area contributed by atoms with E-state index in [-0.39, 0.29) is 5.56 Å². The number of alkyl halides is 3. The van der Waals surface area contributed by atoms with E-state index in [9.17, 15) is 18.0 Å². The Morgan fingerprint density at radius 1 is 1.35 bits per heavy atom. The van der Waals surface area contributed by atoms with Crippen LogP contribution in [0.2, 0.25) is 0 Å². The fraction of sp³-hybridized carbons (Fsp3) is 0.308. The zero-order chi connectivity index (χ0) is 14.8. The van der Waals surface area contributed by atoms with E-state index in [0.717, 1.165) is 0 Å². The van der Waals surface area contributed by atoms with Crippen molar-refractivity contribution in [1.82, 2.24) is 4.98 Å². The summed E-state index contributed by atoms with van der Waals surface area (Å²) in [4.78, 5) is 14.8. The Hall–Kier alpha value is -2.02. The molecular weight excluding hydrogens is 275 g/mol. The van der Waals surface area contributed by atoms with Gasteiger partial charge in [-0.15, -0.1) is 0 Å². The fourth-order valence-corrected chi connectivity index (χ4v) is 1.88. The van der Waals surface area contributed by atoms with E-state index in [0.29, 0.717) is 16.7 Å². The minimum Gasteiger partial charge on any atom is -0.496 e. The van der Waals surface area contributed by atoms with Gasteiger partial charge in [-0.05, 0) is 12.1 Å². The van der Waals surface area contributed by atoms with Crippen molar-refractivity contribution in [1.29, 1.82) is 0 Å². The van der Waals surface area contributed by atoms with Gasteiger partial charge in [0.1, 0.15) is 19.0 Å². The molecule has 7 heteroatoms. The van der Waals surface area contributed by atoms with Crippen LogP contribution in [0.4, 0.5) is 13.2 Å². The van der Waals surface area contributed by atoms with Crippen LogP contribution in [0.15, 0.2) is 24.4 Å². The van der Waals surface area contributed by atoms with Gasteiger partial charge in [-0.1, -0.05) is 6.07 Å². The standard InChI is InChI=1S/C13H12F3NO3/c1-19-11-4-2-3-9-12(11)8(5-17-9)10(18)6-20-7-13(14,15)16/h2-5,17H,6-7H2,1H3. The van der Waals surface area contributed by atoms with E-state index in [1.165, 1.54) is 13.3 Å². The Kier molecular flexibility index (Phi) is 3.99. The van der Waals surface area contributed by atoms with Gasteiger partial charge >= 0.3 is 6.18 Å². The fourth-order valence-electron chi connectivity index (χ4n) is 1.88. The number of nitrogens with one attached hydrogen (secondary N) is 1. The summed E-state index contributed by atoms with van der Waals surface area (Å²) in [5.41, 5.74) is 0.920. The minimum atomic E-state index is -4.45. The summed E-state index contributed by atoms with van der Waals surface area (Å²) in [6, 6.07) is 5.15. The highest BCUT2D eigenvalue weighted by molar-refractivity contribution is 6.10. The maximum Gasteiger partial charge on any atom is 0.411 e. The third kappa shape index (κ3) is 3.11. The number of H-pyrrole nitrogens is 1. The number of rotatable bonds is 5. The monoisotopic (exact) mass is 287 g/mol. The number of ether oxygens (including phenoxy) is 2. The number of fused-ring (bicyclic) bond motifs is 1. The SMILES string of the molecule is COc1cccc2[nH]cc(C(=O)COCC(F)(F)F)c12. The van der Waals surface area contributed by atoms with Gasteiger partial charge in [0, 0.05) is 17.3 Å². The van der Waals surface area contributed by atoms with Crippen molar-refractivity contribution in [3.05, 3.63) is 30.0 Å². The minimum absolute atomic E-state index is 0.250. The Bertz CT molecular complexity index is 619. The highest BCUT2D eigenvalue weighted by Crippen LogP contribution is 2.28. The lowest BCUT2D eigenvalue weighted by Crippen LogP contribution is -2.20. The summed E-state index contributed by atoms with van der Waals surface area (Å²) in [7, 11) is 1.45. The smallest absolute Gasteiger partial charge is 0.411 e. The molecule has 0 aliphatic rings. The number of carbonyl (C=O) groups excluding carboxylic acids is 1. The average Bonchev–Trinajstić information content (AvgIpc) is 2.80. The van der Waals surface area contributed by atoms with Gasteiger partial charge in [0.15, 0.2) is 5.78 Å². The Morgan fingerprint density at radius 3 is 2.75 bits per heavy atom. The van der Waals surface area contributed by atoms with E-state index >= 15 is 0 Å². The molecule has 1 N–H and O–H groups in total. The van der Waals surface area contributed by atoms with E-state index in [1.54, 1.807) is 18.2 Å². The number of methoxy groups -OCH3 is 1. The maximum atomic E-state index is 12.0. The number of hydrogen-bond donors (Lipinski definition) is 1. The van der Waals surface area contributed by atoms with Crippen LogP contribution in [0.1, 0.15) is 10.4 Å². The number of Topliss-reactive ketones (excluding diaryl/α,β-unsaturated/α-hetero) is 1. The van der Waals surface area contributed by atoms with Gasteiger partial charge in [-0.3, -0.25) is 4.79 Å². The van der Waals surface area contributed by atoms with Gasteiger partial charge in [-0.25, -0.2) is 0 Å². The quantitative estimate of drug-likeness (QED) is 0.860. The molecule has 0 fully saturated rings. The molecular formula is C13H12F3NO3. The van der Waals surface area contributed by atoms with Crippen molar-refractivity contribution in [2.45, 2.75) is 6.18 Å². The predicted molar refractivity (Wildman–Crippen MR) is 66.1 cm³/mol. The van der Waals surface area contributed by atoms with Crippen LogP contribution in [0, 0.1) is 0 Å². The highest BCUT2D eigenvalue weighted by atomic mass is 19.4. The first-order valence-electron chi connectivity index (χ1n) is 5.74. The molecule has 1 aromatic carbocycles. The predicted octanol–water partition coefficient (Wildman–Crippen LogP) is 2.94. The van der Waals surface area contributed by atoms with Crippen molar-refractivity contribution in [3.8, 4) is 5.75 Å². The lowest BCUT2D eigenvalue weighted by Gasteiger charge is -2.07. The second-order valence-corrected chi connectivity index (χ2v) is 4.12. The van der Waals surface area contributed by atoms with Crippen LogP contribution in [0.5, 0.6) is 5.75 Å². The first-order chi connectivity index (χ1) is 9.42. The number of ketones is 1. The number of carbonyl (C=O) groups is 1. The van der Waals surface area contributed by atoms with E-state index in [1.807, 2.05) is 0 Å². The van der Waals surface area contributed by atoms with Crippen LogP contribution in [-0.4, -0.2) is 37.3 Å². The molecule has 20 heavy (non-hydrogen) atoms. The number of aromatic nitrogens is 1. The Balaban J connectivity index is 2.18. The summed E-state index contributed by atoms with van der Waals surface area (Å²) < 4.78 is 45.4. The van der Waals surface area contributed by atoms with Crippen LogP contribution in [0.25, 0.3) is 10.9 Å². The zero-order valence-electron chi connectivity index (χ0n) is 10.6. The molecule has 108 valence electrons. The summed E-state index contributed by atoms with van der Waals surface area (Å²) in [5.74, 6) is -0.0621. The topological polar surface area (TPSA) is 51.3 Å². The van der Waals surface area contributed by atoms with Crippen molar-refractivity contribution >= 4 is 16.7 Å². The van der Waals surface area contributed by atoms with E-state index in [2.05, 4.69) is 9.72 Å². The highest BCUT2D eigenvalue weighted by Gasteiger charge is 2.28. The number of benzene rings is 1. The molecule has 0 saturated carbocycles. The third-order valence-corrected chi connectivity index (χ3v) is 2.69. The van der Waals surface area contributed by atoms with Crippen molar-refractivity contribution < 1.29 is 27.4 Å². The first-order valence-corrected chi connectivity index (χ1v) is 5.74. The zero-order valence-corrected chi connectivity index (χ0v) is 10.6. The van der Waals surface area contributed by atoms with Crippen molar-refractivity contribution in [2.24, 2.45) is 0 Å². The number of aromatic amines is 1. The molecule has 0 spiro atoms. The van der Waals surface area contributed by atoms with Gasteiger partial charge in [0.05, 0.1) is 12.5 Å².